The van der Waals surface area contributed by atoms with Crippen LogP contribution in [0.4, 0.5) is 10.3 Å². The second-order valence-electron chi connectivity index (χ2n) is 8.58. The summed E-state index contributed by atoms with van der Waals surface area (Å²) in [4.78, 5) is 26.6. The molecule has 1 saturated heterocycles. The van der Waals surface area contributed by atoms with Crippen LogP contribution >= 0.6 is 0 Å². The topological polar surface area (TPSA) is 62.5 Å². The third-order valence-electron chi connectivity index (χ3n) is 6.21. The van der Waals surface area contributed by atoms with Gasteiger partial charge in [-0.2, -0.15) is 0 Å². The predicted molar refractivity (Wildman–Crippen MR) is 126 cm³/mol. The molecule has 0 N–H and O–H groups in total. The van der Waals surface area contributed by atoms with Gasteiger partial charge in [-0.15, -0.1) is 0 Å². The number of furan rings is 1. The number of aromatic nitrogens is 2. The van der Waals surface area contributed by atoms with Crippen LogP contribution in [0, 0.1) is 12.7 Å². The molecule has 0 radical (unpaired) electrons. The van der Waals surface area contributed by atoms with E-state index in [2.05, 4.69) is 4.98 Å². The molecule has 1 aliphatic rings. The maximum Gasteiger partial charge on any atom is 0.290 e. The van der Waals surface area contributed by atoms with Crippen molar-refractivity contribution in [1.29, 1.82) is 0 Å². The largest absolute Gasteiger partial charge is 0.451 e. The van der Waals surface area contributed by atoms with Crippen molar-refractivity contribution in [2.75, 3.05) is 25.5 Å². The Hall–Kier alpha value is -3.74. The van der Waals surface area contributed by atoms with Crippen LogP contribution in [0.2, 0.25) is 0 Å². The number of rotatable bonds is 4. The lowest BCUT2D eigenvalue weighted by atomic mass is 9.99. The monoisotopic (exact) mass is 444 g/mol. The second kappa shape index (κ2) is 8.31. The molecule has 2 aromatic heterocycles. The molecular weight excluding hydrogens is 419 g/mol. The number of carbonyl (C=O) groups is 1. The number of para-hydroxylation sites is 1. The SMILES string of the molecule is Cc1c(C(=O)N2CCCC2c2nc(N(C)C)ncc2-c2cccc(F)c2)oc2ccccc12. The molecule has 0 bridgehead atoms. The molecule has 0 saturated carbocycles. The summed E-state index contributed by atoms with van der Waals surface area (Å²) in [7, 11) is 3.74. The van der Waals surface area contributed by atoms with E-state index in [1.165, 1.54) is 12.1 Å². The lowest BCUT2D eigenvalue weighted by molar-refractivity contribution is 0.0702. The third-order valence-corrected chi connectivity index (χ3v) is 6.21. The first-order valence-electron chi connectivity index (χ1n) is 11.0. The standard InChI is InChI=1S/C26H25FN4O2/c1-16-19-10-4-5-12-22(19)33-24(16)25(32)31-13-7-11-21(31)23-20(15-28-26(29-23)30(2)3)17-8-6-9-18(27)14-17/h4-6,8-10,12,14-15,21H,7,11,13H2,1-3H3. The van der Waals surface area contributed by atoms with Crippen molar-refractivity contribution in [2.45, 2.75) is 25.8 Å². The highest BCUT2D eigenvalue weighted by Crippen LogP contribution is 2.39. The maximum absolute atomic E-state index is 14.0. The van der Waals surface area contributed by atoms with Crippen molar-refractivity contribution in [3.63, 3.8) is 0 Å². The van der Waals surface area contributed by atoms with Gasteiger partial charge in [0.2, 0.25) is 5.95 Å². The van der Waals surface area contributed by atoms with E-state index in [0.717, 1.165) is 35.0 Å². The highest BCUT2D eigenvalue weighted by Gasteiger charge is 2.36. The fourth-order valence-electron chi connectivity index (χ4n) is 4.54. The highest BCUT2D eigenvalue weighted by molar-refractivity contribution is 5.99. The van der Waals surface area contributed by atoms with Gasteiger partial charge in [0.05, 0.1) is 11.7 Å². The zero-order valence-electron chi connectivity index (χ0n) is 18.9. The Labute approximate surface area is 191 Å². The highest BCUT2D eigenvalue weighted by atomic mass is 19.1. The Bertz CT molecular complexity index is 1350. The Morgan fingerprint density at radius 1 is 1.18 bits per heavy atom. The first-order valence-corrected chi connectivity index (χ1v) is 11.0. The molecule has 5 rings (SSSR count). The van der Waals surface area contributed by atoms with E-state index in [1.807, 2.05) is 61.2 Å². The van der Waals surface area contributed by atoms with Gasteiger partial charge in [-0.3, -0.25) is 4.79 Å². The van der Waals surface area contributed by atoms with Crippen LogP contribution < -0.4 is 4.90 Å². The number of carbonyl (C=O) groups excluding carboxylic acids is 1. The van der Waals surface area contributed by atoms with Crippen molar-refractivity contribution in [2.24, 2.45) is 0 Å². The summed E-state index contributed by atoms with van der Waals surface area (Å²) in [6.45, 7) is 2.51. The number of aryl methyl sites for hydroxylation is 1. The molecule has 1 atom stereocenters. The molecule has 33 heavy (non-hydrogen) atoms. The number of amides is 1. The molecule has 0 spiro atoms. The van der Waals surface area contributed by atoms with Crippen molar-refractivity contribution < 1.29 is 13.6 Å². The fourth-order valence-corrected chi connectivity index (χ4v) is 4.54. The molecule has 6 nitrogen and oxygen atoms in total. The Balaban J connectivity index is 1.59. The normalized spacial score (nSPS) is 15.9. The lowest BCUT2D eigenvalue weighted by Crippen LogP contribution is -2.32. The van der Waals surface area contributed by atoms with Crippen LogP contribution in [0.1, 0.15) is 40.7 Å². The molecule has 1 fully saturated rings. The van der Waals surface area contributed by atoms with Crippen molar-refractivity contribution >= 4 is 22.8 Å². The molecule has 7 heteroatoms. The van der Waals surface area contributed by atoms with Gasteiger partial charge in [0.1, 0.15) is 11.4 Å². The summed E-state index contributed by atoms with van der Waals surface area (Å²) in [5.41, 5.74) is 3.68. The molecule has 2 aromatic carbocycles. The Kier molecular flexibility index (Phi) is 5.32. The van der Waals surface area contributed by atoms with E-state index in [-0.39, 0.29) is 17.8 Å². The second-order valence-corrected chi connectivity index (χ2v) is 8.58. The zero-order valence-corrected chi connectivity index (χ0v) is 18.9. The predicted octanol–water partition coefficient (Wildman–Crippen LogP) is 5.38. The number of hydrogen-bond acceptors (Lipinski definition) is 5. The van der Waals surface area contributed by atoms with Gasteiger partial charge in [0.15, 0.2) is 5.76 Å². The van der Waals surface area contributed by atoms with Crippen LogP contribution in [-0.4, -0.2) is 41.4 Å². The van der Waals surface area contributed by atoms with Crippen molar-refractivity contribution in [3.05, 3.63) is 77.6 Å². The van der Waals surface area contributed by atoms with Crippen LogP contribution in [0.5, 0.6) is 0 Å². The van der Waals surface area contributed by atoms with Crippen LogP contribution in [0.25, 0.3) is 22.1 Å². The first kappa shape index (κ1) is 21.1. The van der Waals surface area contributed by atoms with Gasteiger partial charge in [-0.05, 0) is 43.5 Å². The Morgan fingerprint density at radius 2 is 2.00 bits per heavy atom. The minimum atomic E-state index is -0.326. The van der Waals surface area contributed by atoms with E-state index in [1.54, 1.807) is 12.3 Å². The number of likely N-dealkylation sites (tertiary alicyclic amines) is 1. The van der Waals surface area contributed by atoms with Crippen LogP contribution in [0.15, 0.2) is 59.1 Å². The van der Waals surface area contributed by atoms with E-state index < -0.39 is 0 Å². The smallest absolute Gasteiger partial charge is 0.290 e. The zero-order chi connectivity index (χ0) is 23.1. The summed E-state index contributed by atoms with van der Waals surface area (Å²) in [6, 6.07) is 13.8. The third kappa shape index (κ3) is 3.73. The number of hydrogen-bond donors (Lipinski definition) is 0. The van der Waals surface area contributed by atoms with Crippen molar-refractivity contribution in [3.8, 4) is 11.1 Å². The van der Waals surface area contributed by atoms with Gasteiger partial charge < -0.3 is 14.2 Å². The summed E-state index contributed by atoms with van der Waals surface area (Å²) in [6.07, 6.45) is 3.33. The summed E-state index contributed by atoms with van der Waals surface area (Å²) in [5, 5.41) is 0.939. The molecule has 3 heterocycles. The average molecular weight is 445 g/mol. The van der Waals surface area contributed by atoms with E-state index in [9.17, 15) is 9.18 Å². The van der Waals surface area contributed by atoms with Crippen molar-refractivity contribution in [1.82, 2.24) is 14.9 Å². The lowest BCUT2D eigenvalue weighted by Gasteiger charge is -2.26. The van der Waals surface area contributed by atoms with Crippen LogP contribution in [-0.2, 0) is 0 Å². The number of benzene rings is 2. The summed E-state index contributed by atoms with van der Waals surface area (Å²) in [5.74, 6) is 0.426. The molecule has 168 valence electrons. The molecular formula is C26H25FN4O2. The quantitative estimate of drug-likeness (QED) is 0.423. The fraction of sp³-hybridized carbons (Fsp3) is 0.269. The van der Waals surface area contributed by atoms with E-state index in [0.29, 0.717) is 29.4 Å². The average Bonchev–Trinajstić information content (AvgIpc) is 3.43. The molecule has 0 aliphatic carbocycles. The maximum atomic E-state index is 14.0. The van der Waals surface area contributed by atoms with Crippen LogP contribution in [0.3, 0.4) is 0 Å². The van der Waals surface area contributed by atoms with Gasteiger partial charge >= 0.3 is 0 Å². The minimum absolute atomic E-state index is 0.151. The molecule has 1 aliphatic heterocycles. The first-order chi connectivity index (χ1) is 15.9. The minimum Gasteiger partial charge on any atom is -0.451 e. The number of anilines is 1. The Morgan fingerprint density at radius 3 is 2.76 bits per heavy atom. The molecule has 1 unspecified atom stereocenters. The number of halogens is 1. The van der Waals surface area contributed by atoms with Gasteiger partial charge in [0.25, 0.3) is 5.91 Å². The van der Waals surface area contributed by atoms with E-state index in [4.69, 9.17) is 9.40 Å². The molecule has 4 aromatic rings. The summed E-state index contributed by atoms with van der Waals surface area (Å²) < 4.78 is 20.0. The number of nitrogens with zero attached hydrogens (tertiary/aromatic N) is 4. The molecule has 1 amide bonds. The van der Waals surface area contributed by atoms with E-state index >= 15 is 0 Å². The van der Waals surface area contributed by atoms with Gasteiger partial charge in [-0.25, -0.2) is 14.4 Å². The summed E-state index contributed by atoms with van der Waals surface area (Å²) >= 11 is 0. The van der Waals surface area contributed by atoms with Gasteiger partial charge in [0, 0.05) is 43.4 Å². The number of fused-ring (bicyclic) bond motifs is 1. The van der Waals surface area contributed by atoms with Gasteiger partial charge in [-0.1, -0.05) is 30.3 Å².